The van der Waals surface area contributed by atoms with Crippen LogP contribution in [-0.4, -0.2) is 37.7 Å². The van der Waals surface area contributed by atoms with Crippen LogP contribution in [0.3, 0.4) is 0 Å². The molecule has 0 amide bonds. The Bertz CT molecular complexity index is 383. The Morgan fingerprint density at radius 3 is 2.41 bits per heavy atom. The maximum absolute atomic E-state index is 11.4. The van der Waals surface area contributed by atoms with E-state index in [1.54, 1.807) is 6.92 Å². The van der Waals surface area contributed by atoms with Gasteiger partial charge in [0.15, 0.2) is 5.79 Å². The topological polar surface area (TPSA) is 56.8 Å². The van der Waals surface area contributed by atoms with Gasteiger partial charge in [-0.25, -0.2) is 4.79 Å². The van der Waals surface area contributed by atoms with E-state index in [0.717, 1.165) is 19.4 Å². The van der Waals surface area contributed by atoms with Crippen LogP contribution in [0.2, 0.25) is 0 Å². The van der Waals surface area contributed by atoms with E-state index in [0.29, 0.717) is 12.2 Å². The molecule has 1 aliphatic heterocycles. The zero-order chi connectivity index (χ0) is 16.8. The van der Waals surface area contributed by atoms with Crippen LogP contribution in [0, 0.1) is 5.41 Å². The lowest BCUT2D eigenvalue weighted by atomic mass is 9.86. The number of hydrogen-bond acceptors (Lipinski definition) is 5. The third-order valence-electron chi connectivity index (χ3n) is 4.04. The third-order valence-corrected chi connectivity index (χ3v) is 4.04. The van der Waals surface area contributed by atoms with Crippen molar-refractivity contribution >= 4 is 5.97 Å². The Labute approximate surface area is 134 Å². The largest absolute Gasteiger partial charge is 0.460 e. The molecule has 22 heavy (non-hydrogen) atoms. The number of carbonyl (C=O) groups excluding carboxylic acids is 1. The lowest BCUT2D eigenvalue weighted by Gasteiger charge is -2.44. The summed E-state index contributed by atoms with van der Waals surface area (Å²) in [5.41, 5.74) is 0.186. The van der Waals surface area contributed by atoms with Crippen LogP contribution in [-0.2, 0) is 19.0 Å². The van der Waals surface area contributed by atoms with Gasteiger partial charge in [0.1, 0.15) is 12.8 Å². The zero-order valence-corrected chi connectivity index (χ0v) is 14.7. The molecule has 0 aliphatic carbocycles. The minimum atomic E-state index is -0.752. The van der Waals surface area contributed by atoms with Gasteiger partial charge in [0.2, 0.25) is 0 Å². The second-order valence-corrected chi connectivity index (χ2v) is 7.02. The van der Waals surface area contributed by atoms with Crippen molar-refractivity contribution in [3.8, 4) is 0 Å². The molecule has 1 N–H and O–H groups in total. The molecule has 128 valence electrons. The van der Waals surface area contributed by atoms with E-state index in [1.165, 1.54) is 6.42 Å². The summed E-state index contributed by atoms with van der Waals surface area (Å²) in [5, 5.41) is 3.37. The molecule has 1 heterocycles. The molecule has 2 unspecified atom stereocenters. The van der Waals surface area contributed by atoms with Crippen molar-refractivity contribution < 1.29 is 19.0 Å². The summed E-state index contributed by atoms with van der Waals surface area (Å²) in [4.78, 5) is 11.4. The first-order valence-electron chi connectivity index (χ1n) is 8.03. The van der Waals surface area contributed by atoms with Gasteiger partial charge in [-0.05, 0) is 39.7 Å². The number of hydrogen-bond donors (Lipinski definition) is 1. The van der Waals surface area contributed by atoms with Crippen molar-refractivity contribution in [3.63, 3.8) is 0 Å². The Balaban J connectivity index is 2.52. The summed E-state index contributed by atoms with van der Waals surface area (Å²) in [7, 11) is 0. The van der Waals surface area contributed by atoms with Crippen LogP contribution in [0.15, 0.2) is 12.2 Å². The fourth-order valence-corrected chi connectivity index (χ4v) is 2.11. The van der Waals surface area contributed by atoms with E-state index in [-0.39, 0.29) is 18.2 Å². The van der Waals surface area contributed by atoms with E-state index in [9.17, 15) is 4.79 Å². The number of esters is 1. The fraction of sp³-hybridized carbons (Fsp3) is 0.824. The number of rotatable bonds is 7. The van der Waals surface area contributed by atoms with Gasteiger partial charge in [0, 0.05) is 11.0 Å². The summed E-state index contributed by atoms with van der Waals surface area (Å²) in [6.07, 6.45) is 3.34. The molecule has 0 radical (unpaired) electrons. The Morgan fingerprint density at radius 1 is 1.23 bits per heavy atom. The van der Waals surface area contributed by atoms with Crippen LogP contribution in [0.25, 0.3) is 0 Å². The van der Waals surface area contributed by atoms with Crippen molar-refractivity contribution in [2.24, 2.45) is 5.41 Å². The second kappa shape index (κ2) is 8.09. The van der Waals surface area contributed by atoms with Gasteiger partial charge in [-0.1, -0.05) is 27.4 Å². The Hall–Kier alpha value is -0.910. The summed E-state index contributed by atoms with van der Waals surface area (Å²) in [6, 6.07) is 0. The molecule has 0 aromatic carbocycles. The normalized spacial score (nSPS) is 22.0. The number of ether oxygens (including phenoxy) is 3. The molecule has 0 saturated carbocycles. The van der Waals surface area contributed by atoms with Gasteiger partial charge in [0.25, 0.3) is 0 Å². The number of piperidine rings is 1. The molecule has 0 spiro atoms. The maximum atomic E-state index is 11.4. The molecule has 1 aliphatic rings. The summed E-state index contributed by atoms with van der Waals surface area (Å²) in [6.45, 7) is 14.8. The molecule has 5 heteroatoms. The minimum absolute atomic E-state index is 0.0101. The van der Waals surface area contributed by atoms with Crippen molar-refractivity contribution in [3.05, 3.63) is 12.2 Å². The van der Waals surface area contributed by atoms with Crippen LogP contribution in [0.1, 0.15) is 53.9 Å². The minimum Gasteiger partial charge on any atom is -0.460 e. The first-order chi connectivity index (χ1) is 10.2. The first kappa shape index (κ1) is 19.1. The summed E-state index contributed by atoms with van der Waals surface area (Å²) < 4.78 is 17.2. The molecule has 2 atom stereocenters. The standard InChI is InChI=1S/C17H31NO4/c1-13(2)15(19)20-11-12-21-17(6,16(3,4)5)22-14-9-7-8-10-18-14/h14,18H,1,7-12H2,2-6H3. The quantitative estimate of drug-likeness (QED) is 0.339. The molecule has 5 nitrogen and oxygen atoms in total. The van der Waals surface area contributed by atoms with Crippen molar-refractivity contribution in [2.45, 2.75) is 65.9 Å². The molecular formula is C17H31NO4. The monoisotopic (exact) mass is 313 g/mol. The molecular weight excluding hydrogens is 282 g/mol. The summed E-state index contributed by atoms with van der Waals surface area (Å²) in [5.74, 6) is -1.15. The van der Waals surface area contributed by atoms with Crippen molar-refractivity contribution in [1.82, 2.24) is 5.32 Å². The van der Waals surface area contributed by atoms with Gasteiger partial charge in [-0.15, -0.1) is 0 Å². The number of nitrogens with one attached hydrogen (secondary N) is 1. The first-order valence-corrected chi connectivity index (χ1v) is 8.03. The highest BCUT2D eigenvalue weighted by Crippen LogP contribution is 2.36. The van der Waals surface area contributed by atoms with Crippen LogP contribution >= 0.6 is 0 Å². The van der Waals surface area contributed by atoms with Gasteiger partial charge in [-0.3, -0.25) is 5.32 Å². The molecule has 0 aromatic heterocycles. The number of carbonyl (C=O) groups is 1. The van der Waals surface area contributed by atoms with Crippen molar-refractivity contribution in [2.75, 3.05) is 19.8 Å². The SMILES string of the molecule is C=C(C)C(=O)OCCOC(C)(OC1CCCCN1)C(C)(C)C. The summed E-state index contributed by atoms with van der Waals surface area (Å²) >= 11 is 0. The van der Waals surface area contributed by atoms with E-state index in [1.807, 2.05) is 6.92 Å². The lowest BCUT2D eigenvalue weighted by molar-refractivity contribution is -0.305. The zero-order valence-electron chi connectivity index (χ0n) is 14.7. The highest BCUT2D eigenvalue weighted by Gasteiger charge is 2.42. The third kappa shape index (κ3) is 5.71. The maximum Gasteiger partial charge on any atom is 0.333 e. The predicted molar refractivity (Wildman–Crippen MR) is 86.3 cm³/mol. The van der Waals surface area contributed by atoms with Crippen LogP contribution in [0.4, 0.5) is 0 Å². The van der Waals surface area contributed by atoms with Gasteiger partial charge in [0.05, 0.1) is 6.61 Å². The highest BCUT2D eigenvalue weighted by atomic mass is 16.7. The van der Waals surface area contributed by atoms with Crippen LogP contribution < -0.4 is 5.32 Å². The average molecular weight is 313 g/mol. The highest BCUT2D eigenvalue weighted by molar-refractivity contribution is 5.86. The van der Waals surface area contributed by atoms with Crippen LogP contribution in [0.5, 0.6) is 0 Å². The van der Waals surface area contributed by atoms with Crippen molar-refractivity contribution in [1.29, 1.82) is 0 Å². The molecule has 0 bridgehead atoms. The average Bonchev–Trinajstić information content (AvgIpc) is 2.43. The van der Waals surface area contributed by atoms with Gasteiger partial charge < -0.3 is 14.2 Å². The molecule has 1 saturated heterocycles. The lowest BCUT2D eigenvalue weighted by Crippen LogP contribution is -2.52. The van der Waals surface area contributed by atoms with E-state index < -0.39 is 11.8 Å². The second-order valence-electron chi connectivity index (χ2n) is 7.02. The van der Waals surface area contributed by atoms with Gasteiger partial charge in [-0.2, -0.15) is 0 Å². The Kier molecular flexibility index (Phi) is 7.03. The molecule has 1 fully saturated rings. The van der Waals surface area contributed by atoms with E-state index in [2.05, 4.69) is 32.7 Å². The predicted octanol–water partition coefficient (Wildman–Crippen LogP) is 3.00. The molecule has 1 rings (SSSR count). The van der Waals surface area contributed by atoms with Gasteiger partial charge >= 0.3 is 5.97 Å². The molecule has 0 aromatic rings. The fourth-order valence-electron chi connectivity index (χ4n) is 2.11. The Morgan fingerprint density at radius 2 is 1.91 bits per heavy atom. The van der Waals surface area contributed by atoms with E-state index >= 15 is 0 Å². The van der Waals surface area contributed by atoms with E-state index in [4.69, 9.17) is 14.2 Å². The smallest absolute Gasteiger partial charge is 0.333 e.